The number of anilines is 2. The van der Waals surface area contributed by atoms with E-state index in [4.69, 9.17) is 28.7 Å². The van der Waals surface area contributed by atoms with Crippen molar-refractivity contribution in [2.24, 2.45) is 0 Å². The Morgan fingerprint density at radius 2 is 1.49 bits per heavy atom. The first-order valence-corrected chi connectivity index (χ1v) is 20.7. The summed E-state index contributed by atoms with van der Waals surface area (Å²) < 4.78 is 28.6. The summed E-state index contributed by atoms with van der Waals surface area (Å²) in [5.41, 5.74) is 4.15. The van der Waals surface area contributed by atoms with Gasteiger partial charge in [-0.2, -0.15) is 29.9 Å². The topological polar surface area (TPSA) is 168 Å². The van der Waals surface area contributed by atoms with Gasteiger partial charge in [0.1, 0.15) is 41.3 Å². The maximum Gasteiger partial charge on any atom is 0.321 e. The number of nitrogens with zero attached hydrogens (tertiary/aromatic N) is 6. The molecule has 4 heterocycles. The molecule has 14 heteroatoms. The summed E-state index contributed by atoms with van der Waals surface area (Å²) in [6, 6.07) is 31.8. The van der Waals surface area contributed by atoms with Crippen LogP contribution in [0.25, 0.3) is 0 Å². The molecule has 2 aliphatic heterocycles. The molecular weight excluding hydrogens is 773 g/mol. The maximum absolute atomic E-state index is 9.40. The van der Waals surface area contributed by atoms with E-state index in [1.807, 2.05) is 80.6 Å². The Bertz CT molecular complexity index is 2340. The second-order valence-corrected chi connectivity index (χ2v) is 14.5. The quantitative estimate of drug-likeness (QED) is 0.101. The van der Waals surface area contributed by atoms with Crippen LogP contribution in [0.15, 0.2) is 110 Å². The highest BCUT2D eigenvalue weighted by molar-refractivity contribution is 5.45. The van der Waals surface area contributed by atoms with E-state index >= 15 is 0 Å². The molecule has 0 atom stereocenters. The van der Waals surface area contributed by atoms with Crippen LogP contribution >= 0.6 is 0 Å². The lowest BCUT2D eigenvalue weighted by Crippen LogP contribution is -2.21. The van der Waals surface area contributed by atoms with Gasteiger partial charge >= 0.3 is 12.0 Å². The Morgan fingerprint density at radius 3 is 2.23 bits per heavy atom. The van der Waals surface area contributed by atoms with Gasteiger partial charge in [-0.3, -0.25) is 0 Å². The molecule has 316 valence electrons. The predicted octanol–water partition coefficient (Wildman–Crippen LogP) is 8.26. The number of hydrogen-bond donors (Lipinski definition) is 3. The van der Waals surface area contributed by atoms with Gasteiger partial charge in [0, 0.05) is 19.4 Å². The van der Waals surface area contributed by atoms with Crippen molar-refractivity contribution in [1.82, 2.24) is 29.9 Å². The lowest BCUT2D eigenvalue weighted by molar-refractivity contribution is 0.266. The molecule has 0 saturated heterocycles. The number of aromatic nitrogens is 6. The molecule has 3 aliphatic rings. The Balaban J connectivity index is 0.000000185. The van der Waals surface area contributed by atoms with E-state index < -0.39 is 0 Å². The summed E-state index contributed by atoms with van der Waals surface area (Å²) in [7, 11) is 0. The van der Waals surface area contributed by atoms with Crippen molar-refractivity contribution in [1.29, 1.82) is 0 Å². The lowest BCUT2D eigenvalue weighted by atomic mass is 10.1. The van der Waals surface area contributed by atoms with Crippen molar-refractivity contribution >= 4 is 11.9 Å². The minimum Gasteiger partial charge on any atom is -0.508 e. The molecule has 1 aliphatic carbocycles. The first-order valence-electron chi connectivity index (χ1n) is 20.7. The van der Waals surface area contributed by atoms with E-state index in [9.17, 15) is 5.11 Å². The Labute approximate surface area is 356 Å². The van der Waals surface area contributed by atoms with Gasteiger partial charge < -0.3 is 39.4 Å². The number of rotatable bonds is 12. The molecule has 0 radical (unpaired) electrons. The molecule has 0 unspecified atom stereocenters. The molecule has 1 saturated carbocycles. The van der Waals surface area contributed by atoms with Crippen LogP contribution in [0.1, 0.15) is 73.4 Å². The van der Waals surface area contributed by atoms with E-state index in [0.29, 0.717) is 82.0 Å². The highest BCUT2D eigenvalue weighted by atomic mass is 16.5. The molecule has 3 N–H and O–H groups in total. The van der Waals surface area contributed by atoms with Crippen LogP contribution in [0.2, 0.25) is 0 Å². The molecule has 6 aromatic rings. The van der Waals surface area contributed by atoms with Gasteiger partial charge in [-0.25, -0.2) is 0 Å². The van der Waals surface area contributed by atoms with E-state index in [1.165, 1.54) is 5.56 Å². The summed E-state index contributed by atoms with van der Waals surface area (Å²) in [6.07, 6.45) is 6.72. The van der Waals surface area contributed by atoms with Crippen LogP contribution in [0, 0.1) is 0 Å². The SMILES string of the molecule is C=CCOc1cccc(Cc2nc(NCc3ccc(O)cc3)nc(OCC)n2)c1.CCOc1nc2nc(n1)NC1(CC1)c1ccc(cc1)OCCCCOc1cccc(c1)C2. The highest BCUT2D eigenvalue weighted by Crippen LogP contribution is 2.48. The second kappa shape index (κ2) is 20.8. The van der Waals surface area contributed by atoms with Gasteiger partial charge in [0.25, 0.3) is 0 Å². The number of fused-ring (bicyclic) bond motifs is 7. The average molecular weight is 825 g/mol. The van der Waals surface area contributed by atoms with E-state index in [-0.39, 0.29) is 17.3 Å². The van der Waals surface area contributed by atoms with Crippen molar-refractivity contribution in [2.45, 2.75) is 64.5 Å². The van der Waals surface area contributed by atoms with Gasteiger partial charge in [0.15, 0.2) is 0 Å². The molecule has 14 nitrogen and oxygen atoms in total. The molecule has 2 aromatic heterocycles. The van der Waals surface area contributed by atoms with Gasteiger partial charge in [0.2, 0.25) is 11.9 Å². The van der Waals surface area contributed by atoms with Gasteiger partial charge in [-0.05, 0) is 110 Å². The normalized spacial score (nSPS) is 13.9. The molecule has 0 amide bonds. The van der Waals surface area contributed by atoms with Crippen LogP contribution in [-0.2, 0) is 24.9 Å². The molecule has 6 bridgehead atoms. The molecule has 4 aromatic carbocycles. The third-order valence-electron chi connectivity index (χ3n) is 9.73. The Kier molecular flexibility index (Phi) is 14.4. The van der Waals surface area contributed by atoms with Crippen LogP contribution in [-0.4, -0.2) is 68.0 Å². The van der Waals surface area contributed by atoms with Gasteiger partial charge in [0.05, 0.1) is 32.0 Å². The van der Waals surface area contributed by atoms with Crippen molar-refractivity contribution < 1.29 is 28.8 Å². The third kappa shape index (κ3) is 12.5. The smallest absolute Gasteiger partial charge is 0.321 e. The number of phenols is 1. The zero-order valence-corrected chi connectivity index (χ0v) is 34.7. The maximum atomic E-state index is 9.40. The number of hydrogen-bond acceptors (Lipinski definition) is 14. The van der Waals surface area contributed by atoms with Crippen molar-refractivity contribution in [2.75, 3.05) is 43.7 Å². The van der Waals surface area contributed by atoms with Crippen LogP contribution in [0.5, 0.6) is 35.0 Å². The average Bonchev–Trinajstić information content (AvgIpc) is 4.05. The van der Waals surface area contributed by atoms with Gasteiger partial charge in [-0.1, -0.05) is 61.2 Å². The third-order valence-corrected chi connectivity index (χ3v) is 9.73. The molecule has 9 rings (SSSR count). The number of phenolic OH excluding ortho intramolecular Hbond substituents is 1. The van der Waals surface area contributed by atoms with E-state index in [2.05, 4.69) is 60.3 Å². The zero-order valence-electron chi connectivity index (χ0n) is 34.7. The van der Waals surface area contributed by atoms with Gasteiger partial charge in [-0.15, -0.1) is 0 Å². The molecule has 1 fully saturated rings. The van der Waals surface area contributed by atoms with E-state index in [0.717, 1.165) is 59.6 Å². The summed E-state index contributed by atoms with van der Waals surface area (Å²) in [5, 5.41) is 16.1. The van der Waals surface area contributed by atoms with Crippen molar-refractivity contribution in [3.05, 3.63) is 144 Å². The van der Waals surface area contributed by atoms with Crippen molar-refractivity contribution in [3.8, 4) is 35.0 Å². The lowest BCUT2D eigenvalue weighted by Gasteiger charge is -2.19. The fourth-order valence-electron chi connectivity index (χ4n) is 6.56. The standard InChI is InChI=1S/C25H28N4O3.C22H24N4O3/c1-2-30-24-27-22-17-18-6-5-7-21(16-18)32-15-4-3-14-31-20-10-8-19(9-11-20)25(12-13-25)29-23(26-22)28-24;1-3-12-29-19-7-5-6-17(13-19)14-20-24-21(26-22(25-20)28-4-2)23-15-16-8-10-18(27)11-9-16/h5-11,16H,2-4,12-15,17H2,1H3,(H,26,27,28,29);3,5-11,13,27H,1,4,12,14-15H2,2H3,(H,23,24,25,26). The number of aromatic hydroxyl groups is 1. The monoisotopic (exact) mass is 824 g/mol. The summed E-state index contributed by atoms with van der Waals surface area (Å²) >= 11 is 0. The molecule has 1 spiro atoms. The number of ether oxygens (including phenoxy) is 5. The summed E-state index contributed by atoms with van der Waals surface area (Å²) in [4.78, 5) is 27.0. The highest BCUT2D eigenvalue weighted by Gasteiger charge is 2.45. The largest absolute Gasteiger partial charge is 0.508 e. The first kappa shape index (κ1) is 42.2. The summed E-state index contributed by atoms with van der Waals surface area (Å²) in [5.74, 6) is 4.98. The van der Waals surface area contributed by atoms with Crippen LogP contribution in [0.3, 0.4) is 0 Å². The van der Waals surface area contributed by atoms with E-state index in [1.54, 1.807) is 18.2 Å². The number of nitrogens with one attached hydrogen (secondary N) is 2. The molecule has 61 heavy (non-hydrogen) atoms. The predicted molar refractivity (Wildman–Crippen MR) is 233 cm³/mol. The molecular formula is C47H52N8O6. The first-order chi connectivity index (χ1) is 29.9. The summed E-state index contributed by atoms with van der Waals surface area (Å²) in [6.45, 7) is 10.7. The Morgan fingerprint density at radius 1 is 0.754 bits per heavy atom. The van der Waals surface area contributed by atoms with Crippen LogP contribution < -0.4 is 34.3 Å². The zero-order chi connectivity index (χ0) is 42.3. The Hall–Kier alpha value is -6.96. The number of benzene rings is 4. The second-order valence-electron chi connectivity index (χ2n) is 14.5. The fourth-order valence-corrected chi connectivity index (χ4v) is 6.56. The van der Waals surface area contributed by atoms with Crippen LogP contribution in [0.4, 0.5) is 11.9 Å². The fraction of sp³-hybridized carbons (Fsp3) is 0.319. The minimum absolute atomic E-state index is 0.155. The minimum atomic E-state index is -0.155. The van der Waals surface area contributed by atoms with Crippen molar-refractivity contribution in [3.63, 3.8) is 0 Å².